The molecule has 7 heteroatoms. The van der Waals surface area contributed by atoms with Crippen LogP contribution in [0.25, 0.3) is 11.0 Å². The first kappa shape index (κ1) is 20.5. The second-order valence-electron chi connectivity index (χ2n) is 9.25. The minimum absolute atomic E-state index is 0.0702. The lowest BCUT2D eigenvalue weighted by atomic mass is 9.77. The molecule has 5 rings (SSSR count). The van der Waals surface area contributed by atoms with E-state index in [0.717, 1.165) is 80.3 Å². The molecule has 1 aromatic heterocycles. The second-order valence-corrected chi connectivity index (χ2v) is 9.25. The third kappa shape index (κ3) is 3.96. The molecular weight excluding hydrogens is 396 g/mol. The maximum absolute atomic E-state index is 12.3. The highest BCUT2D eigenvalue weighted by Gasteiger charge is 2.40. The van der Waals surface area contributed by atoms with Crippen LogP contribution < -0.4 is 21.0 Å². The van der Waals surface area contributed by atoms with Gasteiger partial charge in [0, 0.05) is 23.1 Å². The molecule has 0 bridgehead atoms. The van der Waals surface area contributed by atoms with Crippen LogP contribution in [0.2, 0.25) is 0 Å². The van der Waals surface area contributed by atoms with Gasteiger partial charge >= 0.3 is 5.63 Å². The van der Waals surface area contributed by atoms with Gasteiger partial charge in [-0.05, 0) is 81.6 Å². The average molecular weight is 427 g/mol. The molecule has 1 spiro atoms. The molecule has 2 fully saturated rings. The Morgan fingerprint density at radius 1 is 1.26 bits per heavy atom. The summed E-state index contributed by atoms with van der Waals surface area (Å²) in [5, 5.41) is 7.32. The van der Waals surface area contributed by atoms with Crippen molar-refractivity contribution in [3.8, 4) is 5.75 Å². The quantitative estimate of drug-likeness (QED) is 0.713. The summed E-state index contributed by atoms with van der Waals surface area (Å²) in [7, 11) is 0. The molecule has 3 aliphatic rings. The topological polar surface area (TPSA) is 89.8 Å². The van der Waals surface area contributed by atoms with E-state index in [4.69, 9.17) is 13.9 Å². The molecule has 0 radical (unpaired) electrons. The fourth-order valence-corrected chi connectivity index (χ4v) is 5.37. The standard InChI is InChI=1S/C24H30N2O5/c1-15-20(6-5-18-17-3-2-4-19(17)23(28)31-22(15)18)29-13-21(27)26-12-16-11-24(14-30-16)7-9-25-10-8-24/h5-6,16,25H,2-4,7-14H2,1H3,(H,26,27). The number of hydrogen-bond donors (Lipinski definition) is 2. The van der Waals surface area contributed by atoms with E-state index in [1.165, 1.54) is 0 Å². The SMILES string of the molecule is Cc1c(OCC(=O)NCC2CC3(CCNCC3)CO2)ccc2c3c(c(=O)oc12)CCC3. The van der Waals surface area contributed by atoms with Gasteiger partial charge in [-0.2, -0.15) is 0 Å². The van der Waals surface area contributed by atoms with E-state index in [2.05, 4.69) is 10.6 Å². The Morgan fingerprint density at radius 3 is 2.90 bits per heavy atom. The molecule has 31 heavy (non-hydrogen) atoms. The van der Waals surface area contributed by atoms with Gasteiger partial charge in [-0.25, -0.2) is 4.79 Å². The smallest absolute Gasteiger partial charge is 0.339 e. The van der Waals surface area contributed by atoms with Crippen molar-refractivity contribution in [1.29, 1.82) is 0 Å². The number of hydrogen-bond acceptors (Lipinski definition) is 6. The van der Waals surface area contributed by atoms with Gasteiger partial charge in [-0.1, -0.05) is 0 Å². The number of aryl methyl sites for hydroxylation is 2. The molecule has 1 aromatic carbocycles. The Morgan fingerprint density at radius 2 is 2.06 bits per heavy atom. The largest absolute Gasteiger partial charge is 0.483 e. The van der Waals surface area contributed by atoms with Crippen molar-refractivity contribution in [1.82, 2.24) is 10.6 Å². The van der Waals surface area contributed by atoms with Crippen LogP contribution >= 0.6 is 0 Å². The predicted octanol–water partition coefficient (Wildman–Crippen LogP) is 2.24. The van der Waals surface area contributed by atoms with Gasteiger partial charge in [0.2, 0.25) is 0 Å². The summed E-state index contributed by atoms with van der Waals surface area (Å²) < 4.78 is 17.3. The molecule has 166 valence electrons. The van der Waals surface area contributed by atoms with Gasteiger partial charge in [0.05, 0.1) is 12.7 Å². The molecule has 7 nitrogen and oxygen atoms in total. The summed E-state index contributed by atoms with van der Waals surface area (Å²) >= 11 is 0. The van der Waals surface area contributed by atoms with Crippen LogP contribution in [0, 0.1) is 12.3 Å². The molecule has 2 aliphatic heterocycles. The summed E-state index contributed by atoms with van der Waals surface area (Å²) in [6, 6.07) is 3.80. The highest BCUT2D eigenvalue weighted by Crippen LogP contribution is 2.40. The van der Waals surface area contributed by atoms with Crippen LogP contribution in [0.1, 0.15) is 42.4 Å². The van der Waals surface area contributed by atoms with Crippen LogP contribution in [-0.4, -0.2) is 44.9 Å². The molecule has 3 heterocycles. The maximum Gasteiger partial charge on any atom is 0.339 e. The van der Waals surface area contributed by atoms with Crippen molar-refractivity contribution in [2.45, 2.75) is 51.6 Å². The first-order chi connectivity index (χ1) is 15.0. The summed E-state index contributed by atoms with van der Waals surface area (Å²) in [4.78, 5) is 24.6. The van der Waals surface area contributed by atoms with Crippen LogP contribution in [0.4, 0.5) is 0 Å². The number of piperidine rings is 1. The van der Waals surface area contributed by atoms with E-state index in [1.807, 2.05) is 19.1 Å². The number of carbonyl (C=O) groups is 1. The van der Waals surface area contributed by atoms with Crippen molar-refractivity contribution in [3.05, 3.63) is 39.2 Å². The number of benzene rings is 1. The maximum atomic E-state index is 12.3. The van der Waals surface area contributed by atoms with E-state index in [-0.39, 0.29) is 29.7 Å². The average Bonchev–Trinajstić information content (AvgIpc) is 3.41. The Kier molecular flexibility index (Phi) is 5.48. The normalized spacial score (nSPS) is 22.0. The number of carbonyl (C=O) groups excluding carboxylic acids is 1. The van der Waals surface area contributed by atoms with Gasteiger partial charge in [0.25, 0.3) is 5.91 Å². The molecule has 1 amide bonds. The number of fused-ring (bicyclic) bond motifs is 3. The first-order valence-corrected chi connectivity index (χ1v) is 11.3. The lowest BCUT2D eigenvalue weighted by molar-refractivity contribution is -0.123. The van der Waals surface area contributed by atoms with Crippen molar-refractivity contribution in [2.24, 2.45) is 5.41 Å². The lowest BCUT2D eigenvalue weighted by Crippen LogP contribution is -2.38. The summed E-state index contributed by atoms with van der Waals surface area (Å²) in [5.41, 5.74) is 3.26. The molecule has 2 saturated heterocycles. The third-order valence-corrected chi connectivity index (χ3v) is 7.18. The zero-order valence-corrected chi connectivity index (χ0v) is 18.1. The monoisotopic (exact) mass is 426 g/mol. The van der Waals surface area contributed by atoms with Gasteiger partial charge in [-0.15, -0.1) is 0 Å². The van der Waals surface area contributed by atoms with E-state index in [1.54, 1.807) is 0 Å². The van der Waals surface area contributed by atoms with E-state index in [0.29, 0.717) is 17.9 Å². The molecule has 1 atom stereocenters. The number of rotatable bonds is 5. The zero-order chi connectivity index (χ0) is 21.4. The first-order valence-electron chi connectivity index (χ1n) is 11.3. The van der Waals surface area contributed by atoms with Crippen molar-refractivity contribution < 1.29 is 18.7 Å². The van der Waals surface area contributed by atoms with Crippen LogP contribution in [0.5, 0.6) is 5.75 Å². The van der Waals surface area contributed by atoms with E-state index in [9.17, 15) is 9.59 Å². The van der Waals surface area contributed by atoms with Gasteiger partial charge < -0.3 is 24.5 Å². The number of nitrogens with one attached hydrogen (secondary N) is 2. The van der Waals surface area contributed by atoms with Crippen LogP contribution in [0.15, 0.2) is 21.3 Å². The fourth-order valence-electron chi connectivity index (χ4n) is 5.37. The minimum atomic E-state index is -0.249. The molecule has 1 unspecified atom stereocenters. The van der Waals surface area contributed by atoms with E-state index >= 15 is 0 Å². The highest BCUT2D eigenvalue weighted by atomic mass is 16.5. The summed E-state index contributed by atoms with van der Waals surface area (Å²) in [6.45, 7) is 5.18. The molecule has 0 saturated carbocycles. The van der Waals surface area contributed by atoms with Crippen molar-refractivity contribution >= 4 is 16.9 Å². The Bertz CT molecular complexity index is 1050. The van der Waals surface area contributed by atoms with Crippen LogP contribution in [0.3, 0.4) is 0 Å². The second kappa shape index (κ2) is 8.28. The molecule has 1 aliphatic carbocycles. The third-order valence-electron chi connectivity index (χ3n) is 7.18. The molecule has 2 aromatic rings. The van der Waals surface area contributed by atoms with Gasteiger partial charge in [0.15, 0.2) is 6.61 Å². The zero-order valence-electron chi connectivity index (χ0n) is 18.1. The summed E-state index contributed by atoms with van der Waals surface area (Å²) in [5.74, 6) is 0.388. The number of ether oxygens (including phenoxy) is 2. The fraction of sp³-hybridized carbons (Fsp3) is 0.583. The number of amides is 1. The lowest BCUT2D eigenvalue weighted by Gasteiger charge is -2.32. The minimum Gasteiger partial charge on any atom is -0.483 e. The van der Waals surface area contributed by atoms with Gasteiger partial charge in [-0.3, -0.25) is 4.79 Å². The highest BCUT2D eigenvalue weighted by molar-refractivity contribution is 5.86. The van der Waals surface area contributed by atoms with Crippen LogP contribution in [-0.2, 0) is 22.4 Å². The Hall–Kier alpha value is -2.38. The Balaban J connectivity index is 1.18. The molecule has 2 N–H and O–H groups in total. The van der Waals surface area contributed by atoms with Crippen molar-refractivity contribution in [2.75, 3.05) is 32.8 Å². The summed E-state index contributed by atoms with van der Waals surface area (Å²) in [6.07, 6.45) is 6.03. The van der Waals surface area contributed by atoms with E-state index < -0.39 is 0 Å². The molecular formula is C24H30N2O5. The predicted molar refractivity (Wildman–Crippen MR) is 117 cm³/mol. The van der Waals surface area contributed by atoms with Crippen molar-refractivity contribution in [3.63, 3.8) is 0 Å². The van der Waals surface area contributed by atoms with Gasteiger partial charge in [0.1, 0.15) is 11.3 Å². The Labute approximate surface area is 181 Å².